The van der Waals surface area contributed by atoms with E-state index in [0.29, 0.717) is 12.8 Å². The normalized spacial score (nSPS) is 30.2. The Morgan fingerprint density at radius 1 is 1.12 bits per heavy atom. The minimum absolute atomic E-state index is 0.130. The molecule has 11 heteroatoms. The Kier molecular flexibility index (Phi) is 11.8. The van der Waals surface area contributed by atoms with E-state index in [1.165, 1.54) is 6.92 Å². The number of aliphatic hydroxyl groups is 3. The van der Waals surface area contributed by atoms with Crippen LogP contribution in [0.15, 0.2) is 12.2 Å². The quantitative estimate of drug-likeness (QED) is 0.128. The van der Waals surface area contributed by atoms with Crippen LogP contribution in [0.1, 0.15) is 53.9 Å². The molecule has 0 radical (unpaired) electrons. The minimum atomic E-state index is -1.44. The van der Waals surface area contributed by atoms with Crippen LogP contribution in [0.25, 0.3) is 0 Å². The third-order valence-corrected chi connectivity index (χ3v) is 5.23. The Morgan fingerprint density at radius 2 is 1.76 bits per heavy atom. The molecule has 7 N–H and O–H groups in total. The summed E-state index contributed by atoms with van der Waals surface area (Å²) in [5.41, 5.74) is 10.3. The lowest BCUT2D eigenvalue weighted by Crippen LogP contribution is -2.64. The van der Waals surface area contributed by atoms with Crippen LogP contribution < -0.4 is 11.5 Å². The van der Waals surface area contributed by atoms with E-state index in [0.717, 1.165) is 6.42 Å². The Hall–Kier alpha value is -1.15. The van der Waals surface area contributed by atoms with E-state index in [2.05, 4.69) is 6.58 Å². The van der Waals surface area contributed by atoms with Crippen molar-refractivity contribution in [3.05, 3.63) is 12.2 Å². The van der Waals surface area contributed by atoms with Crippen LogP contribution in [0, 0.1) is 0 Å². The van der Waals surface area contributed by atoms with Gasteiger partial charge in [-0.05, 0) is 33.6 Å². The molecule has 194 valence electrons. The van der Waals surface area contributed by atoms with Crippen molar-refractivity contribution in [2.75, 3.05) is 19.8 Å². The highest BCUT2D eigenvalue weighted by molar-refractivity contribution is 5.86. The van der Waals surface area contributed by atoms with Crippen molar-refractivity contribution in [3.8, 4) is 0 Å². The van der Waals surface area contributed by atoms with Crippen molar-refractivity contribution in [2.45, 2.75) is 102 Å². The first-order valence-electron chi connectivity index (χ1n) is 11.3. The van der Waals surface area contributed by atoms with Crippen molar-refractivity contribution in [2.24, 2.45) is 11.5 Å². The molecule has 0 aromatic heterocycles. The van der Waals surface area contributed by atoms with E-state index in [4.69, 9.17) is 35.2 Å². The second-order valence-electron chi connectivity index (χ2n) is 9.02. The molecule has 8 unspecified atom stereocenters. The van der Waals surface area contributed by atoms with Gasteiger partial charge in [0.2, 0.25) is 0 Å². The summed E-state index contributed by atoms with van der Waals surface area (Å²) in [7, 11) is 0. The first-order valence-corrected chi connectivity index (χ1v) is 11.3. The minimum Gasteiger partial charge on any atom is -0.460 e. The van der Waals surface area contributed by atoms with Crippen molar-refractivity contribution >= 4 is 5.97 Å². The van der Waals surface area contributed by atoms with Gasteiger partial charge in [-0.15, -0.1) is 0 Å². The summed E-state index contributed by atoms with van der Waals surface area (Å²) in [4.78, 5) is 11.4. The number of ether oxygens (including phenoxy) is 5. The summed E-state index contributed by atoms with van der Waals surface area (Å²) in [6, 6.07) is 0. The van der Waals surface area contributed by atoms with Gasteiger partial charge in [0.25, 0.3) is 0 Å². The summed E-state index contributed by atoms with van der Waals surface area (Å²) in [5.74, 6) is -0.617. The van der Waals surface area contributed by atoms with Crippen molar-refractivity contribution < 1.29 is 43.8 Å². The molecule has 1 saturated heterocycles. The van der Waals surface area contributed by atoms with Gasteiger partial charge in [0.05, 0.1) is 13.2 Å². The molecule has 0 spiro atoms. The third-order valence-electron chi connectivity index (χ3n) is 5.23. The van der Waals surface area contributed by atoms with Crippen LogP contribution in [0.5, 0.6) is 0 Å². The lowest BCUT2D eigenvalue weighted by molar-refractivity contribution is -0.340. The lowest BCUT2D eigenvalue weighted by Gasteiger charge is -2.46. The van der Waals surface area contributed by atoms with Gasteiger partial charge in [-0.3, -0.25) is 0 Å². The van der Waals surface area contributed by atoms with Crippen LogP contribution in [-0.2, 0) is 28.5 Å². The fourth-order valence-electron chi connectivity index (χ4n) is 3.16. The van der Waals surface area contributed by atoms with Crippen LogP contribution in [0.2, 0.25) is 0 Å². The number of aliphatic hydroxyl groups excluding tert-OH is 3. The molecule has 8 atom stereocenters. The van der Waals surface area contributed by atoms with E-state index < -0.39 is 54.2 Å². The van der Waals surface area contributed by atoms with Gasteiger partial charge in [-0.25, -0.2) is 4.79 Å². The predicted molar refractivity (Wildman–Crippen MR) is 120 cm³/mol. The molecule has 0 amide bonds. The zero-order valence-corrected chi connectivity index (χ0v) is 20.4. The van der Waals surface area contributed by atoms with Gasteiger partial charge in [-0.1, -0.05) is 26.8 Å². The average Bonchev–Trinajstić information content (AvgIpc) is 2.72. The average molecular weight is 479 g/mol. The van der Waals surface area contributed by atoms with Crippen LogP contribution in [-0.4, -0.2) is 89.4 Å². The van der Waals surface area contributed by atoms with E-state index in [9.17, 15) is 20.1 Å². The molecule has 0 aromatic carbocycles. The topological polar surface area (TPSA) is 176 Å². The standard InChI is InChI=1S/C22H42N2O9/c1-7-9-22(6,24)33-20-17(27)16(26)18(32-21(5,23)8-2)15(31-20)12-29-10-14(25)11-30-19(28)13(3)4/h14-18,20,25-27H,3,7-12,23-24H2,1-2,4-6H3. The molecule has 1 fully saturated rings. The molecule has 1 rings (SSSR count). The first-order chi connectivity index (χ1) is 15.2. The number of carbonyl (C=O) groups excluding carboxylic acids is 1. The molecule has 0 aliphatic carbocycles. The second-order valence-corrected chi connectivity index (χ2v) is 9.02. The SMILES string of the molecule is C=C(C)C(=O)OCC(O)COCC1OC(OC(C)(N)CCC)C(O)C(O)C1OC(C)(N)CC. The van der Waals surface area contributed by atoms with E-state index in [-0.39, 0.29) is 25.4 Å². The van der Waals surface area contributed by atoms with Crippen LogP contribution in [0.3, 0.4) is 0 Å². The number of hydrogen-bond donors (Lipinski definition) is 5. The van der Waals surface area contributed by atoms with Crippen molar-refractivity contribution in [3.63, 3.8) is 0 Å². The maximum Gasteiger partial charge on any atom is 0.333 e. The highest BCUT2D eigenvalue weighted by atomic mass is 16.7. The number of hydrogen-bond acceptors (Lipinski definition) is 11. The molecule has 0 bridgehead atoms. The number of esters is 1. The first kappa shape index (κ1) is 29.9. The maximum absolute atomic E-state index is 11.4. The monoisotopic (exact) mass is 478 g/mol. The van der Waals surface area contributed by atoms with Crippen LogP contribution in [0.4, 0.5) is 0 Å². The maximum atomic E-state index is 11.4. The zero-order valence-electron chi connectivity index (χ0n) is 20.4. The van der Waals surface area contributed by atoms with Crippen molar-refractivity contribution in [1.82, 2.24) is 0 Å². The van der Waals surface area contributed by atoms with Gasteiger partial charge < -0.3 is 50.5 Å². The summed E-state index contributed by atoms with van der Waals surface area (Å²) >= 11 is 0. The smallest absolute Gasteiger partial charge is 0.333 e. The van der Waals surface area contributed by atoms with E-state index in [1.54, 1.807) is 13.8 Å². The Labute approximate surface area is 195 Å². The van der Waals surface area contributed by atoms with Crippen LogP contribution >= 0.6 is 0 Å². The number of rotatable bonds is 14. The summed E-state index contributed by atoms with van der Waals surface area (Å²) in [6.45, 7) is 11.4. The van der Waals surface area contributed by atoms with Gasteiger partial charge in [-0.2, -0.15) is 0 Å². The molecular weight excluding hydrogens is 436 g/mol. The van der Waals surface area contributed by atoms with Crippen molar-refractivity contribution in [1.29, 1.82) is 0 Å². The predicted octanol–water partition coefficient (Wildman–Crippen LogP) is -0.108. The molecule has 11 nitrogen and oxygen atoms in total. The second kappa shape index (κ2) is 13.1. The Morgan fingerprint density at radius 3 is 2.30 bits per heavy atom. The fourth-order valence-corrected chi connectivity index (χ4v) is 3.16. The lowest BCUT2D eigenvalue weighted by atomic mass is 9.97. The largest absolute Gasteiger partial charge is 0.460 e. The molecular formula is C22H42N2O9. The zero-order chi connectivity index (χ0) is 25.4. The summed E-state index contributed by atoms with van der Waals surface area (Å²) in [5, 5.41) is 31.4. The molecule has 1 aliphatic rings. The summed E-state index contributed by atoms with van der Waals surface area (Å²) in [6.07, 6.45) is -5.42. The fraction of sp³-hybridized carbons (Fsp3) is 0.864. The molecule has 0 saturated carbocycles. The molecule has 1 heterocycles. The van der Waals surface area contributed by atoms with Gasteiger partial charge >= 0.3 is 5.97 Å². The molecule has 0 aromatic rings. The van der Waals surface area contributed by atoms with Gasteiger partial charge in [0, 0.05) is 5.57 Å². The highest BCUT2D eigenvalue weighted by Crippen LogP contribution is 2.30. The summed E-state index contributed by atoms with van der Waals surface area (Å²) < 4.78 is 27.9. The van der Waals surface area contributed by atoms with Gasteiger partial charge in [0.1, 0.15) is 48.6 Å². The third kappa shape index (κ3) is 9.93. The molecule has 33 heavy (non-hydrogen) atoms. The Balaban J connectivity index is 2.84. The van der Waals surface area contributed by atoms with Gasteiger partial charge in [0.15, 0.2) is 6.29 Å². The van der Waals surface area contributed by atoms with E-state index in [1.807, 2.05) is 13.8 Å². The molecule has 1 aliphatic heterocycles. The van der Waals surface area contributed by atoms with E-state index >= 15 is 0 Å². The Bertz CT molecular complexity index is 629. The number of carbonyl (C=O) groups is 1. The number of nitrogens with two attached hydrogens (primary N) is 2. The highest BCUT2D eigenvalue weighted by Gasteiger charge is 2.49.